The van der Waals surface area contributed by atoms with Crippen molar-refractivity contribution in [1.82, 2.24) is 15.0 Å². The number of benzene rings is 1. The molecule has 10 heavy (non-hydrogen) atoms. The molecule has 0 atom stereocenters. The molecule has 0 aliphatic carbocycles. The van der Waals surface area contributed by atoms with Gasteiger partial charge in [-0.25, -0.2) is 0 Å². The molecule has 0 saturated carbocycles. The van der Waals surface area contributed by atoms with Gasteiger partial charge in [0.2, 0.25) is 0 Å². The molecule has 0 N–H and O–H groups in total. The van der Waals surface area contributed by atoms with Crippen LogP contribution in [0.15, 0.2) is 18.2 Å². The van der Waals surface area contributed by atoms with Gasteiger partial charge in [-0.3, -0.25) is 0 Å². The number of hydrogen-bond donors (Lipinski definition) is 0. The van der Waals surface area contributed by atoms with Crippen molar-refractivity contribution in [2.45, 2.75) is 0 Å². The summed E-state index contributed by atoms with van der Waals surface area (Å²) in [6, 6.07) is 8.62. The molecule has 2 rings (SSSR count). The van der Waals surface area contributed by atoms with Crippen LogP contribution in [0.1, 0.15) is 0 Å². The second kappa shape index (κ2) is 1.80. The molecule has 1 heterocycles. The Labute approximate surface area is 58.3 Å². The first-order valence-corrected chi connectivity index (χ1v) is 3.04. The minimum atomic E-state index is 0.824. The van der Waals surface area contributed by atoms with Crippen molar-refractivity contribution in [3.63, 3.8) is 0 Å². The highest BCUT2D eigenvalue weighted by molar-refractivity contribution is 5.72. The molecule has 0 aliphatic rings. The summed E-state index contributed by atoms with van der Waals surface area (Å²) in [5, 5.41) is 8.15. The second-order valence-electron chi connectivity index (χ2n) is 2.09. The van der Waals surface area contributed by atoms with Gasteiger partial charge in [0.05, 0.1) is 0 Å². The van der Waals surface area contributed by atoms with E-state index in [0.717, 1.165) is 11.0 Å². The molecule has 0 aliphatic heterocycles. The lowest BCUT2D eigenvalue weighted by Gasteiger charge is -1.77. The van der Waals surface area contributed by atoms with Crippen LogP contribution in [0.5, 0.6) is 0 Å². The van der Waals surface area contributed by atoms with E-state index in [1.807, 2.05) is 18.2 Å². The first-order valence-electron chi connectivity index (χ1n) is 3.04. The first kappa shape index (κ1) is 5.41. The van der Waals surface area contributed by atoms with Crippen LogP contribution in [0.25, 0.3) is 11.0 Å². The molecule has 2 aromatic rings. The highest BCUT2D eigenvalue weighted by Crippen LogP contribution is 2.04. The van der Waals surface area contributed by atoms with Gasteiger partial charge in [0.25, 0.3) is 0 Å². The van der Waals surface area contributed by atoms with Crippen molar-refractivity contribution >= 4 is 11.0 Å². The van der Waals surface area contributed by atoms with E-state index in [4.69, 9.17) is 0 Å². The normalized spacial score (nSPS) is 10.5. The van der Waals surface area contributed by atoms with Crippen molar-refractivity contribution in [2.75, 3.05) is 0 Å². The van der Waals surface area contributed by atoms with Crippen molar-refractivity contribution in [2.24, 2.45) is 7.05 Å². The van der Waals surface area contributed by atoms with Gasteiger partial charge in [-0.15, -0.1) is 0 Å². The zero-order chi connectivity index (χ0) is 6.97. The largest absolute Gasteiger partial charge is 0.187 e. The number of fused-ring (bicyclic) bond motifs is 1. The van der Waals surface area contributed by atoms with Crippen LogP contribution in [0.3, 0.4) is 0 Å². The predicted octanol–water partition coefficient (Wildman–Crippen LogP) is 0.768. The fraction of sp³-hybridized carbons (Fsp3) is 0.143. The van der Waals surface area contributed by atoms with Crippen LogP contribution in [-0.2, 0) is 7.05 Å². The zero-order valence-corrected chi connectivity index (χ0v) is 5.57. The summed E-state index contributed by atoms with van der Waals surface area (Å²) in [4.78, 5) is 1.54. The average molecular weight is 132 g/mol. The predicted molar refractivity (Wildman–Crippen MR) is 37.3 cm³/mol. The summed E-state index contributed by atoms with van der Waals surface area (Å²) in [5.74, 6) is 0. The lowest BCUT2D eigenvalue weighted by atomic mass is 10.3. The van der Waals surface area contributed by atoms with E-state index in [-0.39, 0.29) is 0 Å². The Morgan fingerprint density at radius 3 is 3.20 bits per heavy atom. The van der Waals surface area contributed by atoms with Crippen LogP contribution in [0, 0.1) is 6.07 Å². The van der Waals surface area contributed by atoms with E-state index in [9.17, 15) is 0 Å². The number of nitrogens with zero attached hydrogens (tertiary/aromatic N) is 3. The minimum absolute atomic E-state index is 0.824. The Hall–Kier alpha value is -1.38. The number of aromatic nitrogens is 3. The summed E-state index contributed by atoms with van der Waals surface area (Å²) in [7, 11) is 1.80. The molecule has 3 nitrogen and oxygen atoms in total. The third-order valence-corrected chi connectivity index (χ3v) is 1.31. The minimum Gasteiger partial charge on any atom is -0.187 e. The van der Waals surface area contributed by atoms with Crippen molar-refractivity contribution in [3.8, 4) is 0 Å². The van der Waals surface area contributed by atoms with Gasteiger partial charge in [-0.1, -0.05) is 12.1 Å². The van der Waals surface area contributed by atoms with Gasteiger partial charge < -0.3 is 0 Å². The van der Waals surface area contributed by atoms with E-state index in [1.165, 1.54) is 0 Å². The fourth-order valence-electron chi connectivity index (χ4n) is 0.903. The molecule has 1 aromatic heterocycles. The summed E-state index contributed by atoms with van der Waals surface area (Å²) >= 11 is 0. The van der Waals surface area contributed by atoms with E-state index in [2.05, 4.69) is 16.3 Å². The van der Waals surface area contributed by atoms with Crippen molar-refractivity contribution < 1.29 is 0 Å². The quantitative estimate of drug-likeness (QED) is 0.530. The molecule has 1 radical (unpaired) electrons. The first-order chi connectivity index (χ1) is 4.86. The Balaban J connectivity index is 2.88. The van der Waals surface area contributed by atoms with Gasteiger partial charge in [-0.2, -0.15) is 15.0 Å². The summed E-state index contributed by atoms with van der Waals surface area (Å²) < 4.78 is 0. The summed E-state index contributed by atoms with van der Waals surface area (Å²) in [5.41, 5.74) is 1.72. The van der Waals surface area contributed by atoms with E-state index >= 15 is 0 Å². The van der Waals surface area contributed by atoms with Gasteiger partial charge in [0.1, 0.15) is 11.0 Å². The Kier molecular flexibility index (Phi) is 0.974. The third kappa shape index (κ3) is 0.673. The van der Waals surface area contributed by atoms with Gasteiger partial charge in [-0.05, 0) is 6.07 Å². The lowest BCUT2D eigenvalue weighted by Crippen LogP contribution is -1.90. The second-order valence-corrected chi connectivity index (χ2v) is 2.09. The molecule has 0 unspecified atom stereocenters. The smallest absolute Gasteiger partial charge is 0.121 e. The molecular weight excluding hydrogens is 126 g/mol. The summed E-state index contributed by atoms with van der Waals surface area (Å²) in [6.45, 7) is 0. The molecule has 0 fully saturated rings. The Morgan fingerprint density at radius 1 is 1.50 bits per heavy atom. The molecule has 49 valence electrons. The van der Waals surface area contributed by atoms with Crippen LogP contribution < -0.4 is 0 Å². The van der Waals surface area contributed by atoms with E-state index < -0.39 is 0 Å². The fourth-order valence-corrected chi connectivity index (χ4v) is 0.903. The molecule has 0 bridgehead atoms. The standard InChI is InChI=1S/C7H6N3/c1-10-8-6-4-2-3-5-7(6)9-10/h2-4H,1H3. The average Bonchev–Trinajstić information content (AvgIpc) is 2.27. The summed E-state index contributed by atoms with van der Waals surface area (Å²) in [6.07, 6.45) is 0. The number of rotatable bonds is 0. The van der Waals surface area contributed by atoms with Gasteiger partial charge >= 0.3 is 0 Å². The molecule has 1 aromatic carbocycles. The molecule has 3 heteroatoms. The topological polar surface area (TPSA) is 30.7 Å². The van der Waals surface area contributed by atoms with E-state index in [0.29, 0.717) is 0 Å². The zero-order valence-electron chi connectivity index (χ0n) is 5.57. The van der Waals surface area contributed by atoms with Crippen molar-refractivity contribution in [1.29, 1.82) is 0 Å². The Morgan fingerprint density at radius 2 is 2.40 bits per heavy atom. The Bertz CT molecular complexity index is 317. The van der Waals surface area contributed by atoms with E-state index in [1.54, 1.807) is 11.8 Å². The van der Waals surface area contributed by atoms with Gasteiger partial charge in [0.15, 0.2) is 0 Å². The van der Waals surface area contributed by atoms with Crippen LogP contribution in [-0.4, -0.2) is 15.0 Å². The van der Waals surface area contributed by atoms with Crippen LogP contribution in [0.2, 0.25) is 0 Å². The van der Waals surface area contributed by atoms with Crippen molar-refractivity contribution in [3.05, 3.63) is 24.3 Å². The van der Waals surface area contributed by atoms with Crippen LogP contribution in [0.4, 0.5) is 0 Å². The molecular formula is C7H6N3. The third-order valence-electron chi connectivity index (χ3n) is 1.31. The maximum absolute atomic E-state index is 4.09. The SMILES string of the molecule is Cn1nc2[c]cccc2n1. The monoisotopic (exact) mass is 132 g/mol. The van der Waals surface area contributed by atoms with Gasteiger partial charge in [0, 0.05) is 13.1 Å². The lowest BCUT2D eigenvalue weighted by molar-refractivity contribution is 0.665. The maximum Gasteiger partial charge on any atom is 0.121 e. The molecule has 0 saturated heterocycles. The molecule has 0 amide bonds. The highest BCUT2D eigenvalue weighted by Gasteiger charge is 1.95. The highest BCUT2D eigenvalue weighted by atomic mass is 15.4. The number of aryl methyl sites for hydroxylation is 1. The maximum atomic E-state index is 4.09. The number of hydrogen-bond acceptors (Lipinski definition) is 2. The van der Waals surface area contributed by atoms with Crippen LogP contribution >= 0.6 is 0 Å². The molecule has 0 spiro atoms.